The number of rotatable bonds is 18. The van der Waals surface area contributed by atoms with E-state index in [1.807, 2.05) is 0 Å². The summed E-state index contributed by atoms with van der Waals surface area (Å²) >= 11 is 0. The van der Waals surface area contributed by atoms with Crippen LogP contribution in [0.25, 0.3) is 0 Å². The molecule has 0 spiro atoms. The van der Waals surface area contributed by atoms with Crippen LogP contribution in [-0.2, 0) is 30.4 Å². The highest BCUT2D eigenvalue weighted by Crippen LogP contribution is 2.12. The minimum Gasteiger partial charge on any atom is -0.480 e. The van der Waals surface area contributed by atoms with E-state index < -0.39 is 68.6 Å². The predicted molar refractivity (Wildman–Crippen MR) is 117 cm³/mol. The summed E-state index contributed by atoms with van der Waals surface area (Å²) in [5.74, 6) is -6.20. The Morgan fingerprint density at radius 1 is 0.618 bits per heavy atom. The van der Waals surface area contributed by atoms with Gasteiger partial charge in [-0.1, -0.05) is 30.3 Å². The molecule has 1 atom stereocenters. The minimum atomic E-state index is -1.25. The predicted octanol–water partition coefficient (Wildman–Crippen LogP) is -1.07. The van der Waals surface area contributed by atoms with Crippen molar-refractivity contribution in [1.82, 2.24) is 14.7 Å². The van der Waals surface area contributed by atoms with Crippen LogP contribution in [0, 0.1) is 0 Å². The van der Waals surface area contributed by atoms with Gasteiger partial charge in [-0.05, 0) is 12.0 Å². The highest BCUT2D eigenvalue weighted by molar-refractivity contribution is 5.73. The van der Waals surface area contributed by atoms with Gasteiger partial charge in [0.05, 0.1) is 32.7 Å². The SMILES string of the molecule is O=C(O)CN(CCN(CC(=O)O)C[C@@H](Cc1ccccc1)N(CC(=O)O)CC(=O)O)CC(=O)O. The quantitative estimate of drug-likeness (QED) is 0.169. The van der Waals surface area contributed by atoms with Gasteiger partial charge in [-0.25, -0.2) is 0 Å². The second kappa shape index (κ2) is 14.6. The molecule has 34 heavy (non-hydrogen) atoms. The summed E-state index contributed by atoms with van der Waals surface area (Å²) in [6.07, 6.45) is 0.228. The zero-order chi connectivity index (χ0) is 25.7. The van der Waals surface area contributed by atoms with Crippen LogP contribution in [0.3, 0.4) is 0 Å². The van der Waals surface area contributed by atoms with Gasteiger partial charge in [0.15, 0.2) is 0 Å². The summed E-state index contributed by atoms with van der Waals surface area (Å²) in [6, 6.07) is 8.14. The molecule has 1 rings (SSSR count). The molecule has 0 aromatic heterocycles. The van der Waals surface area contributed by atoms with Crippen LogP contribution in [0.5, 0.6) is 0 Å². The summed E-state index contributed by atoms with van der Waals surface area (Å²) in [6.45, 7) is -2.96. The molecule has 5 N–H and O–H groups in total. The van der Waals surface area contributed by atoms with Gasteiger partial charge in [0.2, 0.25) is 0 Å². The van der Waals surface area contributed by atoms with Crippen LogP contribution in [0.4, 0.5) is 0 Å². The number of benzene rings is 1. The van der Waals surface area contributed by atoms with Crippen molar-refractivity contribution in [3.8, 4) is 0 Å². The lowest BCUT2D eigenvalue weighted by molar-refractivity contribution is -0.144. The fourth-order valence-corrected chi connectivity index (χ4v) is 3.46. The van der Waals surface area contributed by atoms with Gasteiger partial charge in [0.25, 0.3) is 0 Å². The normalized spacial score (nSPS) is 12.1. The zero-order valence-corrected chi connectivity index (χ0v) is 18.4. The van der Waals surface area contributed by atoms with E-state index in [-0.39, 0.29) is 26.1 Å². The molecule has 0 bridgehead atoms. The largest absolute Gasteiger partial charge is 0.480 e. The van der Waals surface area contributed by atoms with Crippen LogP contribution in [-0.4, -0.2) is 128 Å². The molecular weight excluding hydrogens is 454 g/mol. The van der Waals surface area contributed by atoms with Crippen molar-refractivity contribution in [3.63, 3.8) is 0 Å². The second-order valence-corrected chi connectivity index (χ2v) is 7.66. The molecule has 0 aliphatic heterocycles. The van der Waals surface area contributed by atoms with E-state index in [1.54, 1.807) is 30.3 Å². The van der Waals surface area contributed by atoms with Crippen molar-refractivity contribution in [2.75, 3.05) is 52.4 Å². The zero-order valence-electron chi connectivity index (χ0n) is 18.4. The van der Waals surface area contributed by atoms with E-state index in [4.69, 9.17) is 10.2 Å². The first-order valence-corrected chi connectivity index (χ1v) is 10.3. The van der Waals surface area contributed by atoms with Crippen molar-refractivity contribution >= 4 is 29.8 Å². The van der Waals surface area contributed by atoms with Gasteiger partial charge in [0.1, 0.15) is 0 Å². The van der Waals surface area contributed by atoms with Crippen LogP contribution in [0.15, 0.2) is 30.3 Å². The maximum atomic E-state index is 11.4. The van der Waals surface area contributed by atoms with E-state index in [0.717, 1.165) is 10.5 Å². The molecule has 0 amide bonds. The molecular formula is C21H29N3O10. The molecule has 0 saturated heterocycles. The Morgan fingerprint density at radius 2 is 1.03 bits per heavy atom. The number of aliphatic carboxylic acids is 5. The van der Waals surface area contributed by atoms with E-state index in [1.165, 1.54) is 9.80 Å². The third kappa shape index (κ3) is 12.5. The Balaban J connectivity index is 3.13. The molecule has 0 unspecified atom stereocenters. The molecule has 0 fully saturated rings. The monoisotopic (exact) mass is 483 g/mol. The van der Waals surface area contributed by atoms with Gasteiger partial charge in [-0.2, -0.15) is 0 Å². The number of nitrogens with zero attached hydrogens (tertiary/aromatic N) is 3. The lowest BCUT2D eigenvalue weighted by Gasteiger charge is -2.34. The molecule has 0 saturated carbocycles. The highest BCUT2D eigenvalue weighted by Gasteiger charge is 2.27. The molecule has 0 aliphatic carbocycles. The van der Waals surface area contributed by atoms with Crippen molar-refractivity contribution in [1.29, 1.82) is 0 Å². The number of hydrogen-bond acceptors (Lipinski definition) is 8. The number of carboxylic acid groups (broad SMARTS) is 5. The number of carboxylic acids is 5. The standard InChI is InChI=1S/C21H29N3O10/c25-17(26)10-22(6-7-23(11-18(27)28)12-19(29)30)9-16(8-15-4-2-1-3-5-15)24(13-20(31)32)14-21(33)34/h1-5,16H,6-14H2,(H,25,26)(H,27,28)(H,29,30)(H,31,32)(H,33,34)/t16-/m1/s1. The summed E-state index contributed by atoms with van der Waals surface area (Å²) < 4.78 is 0. The molecule has 1 aromatic rings. The summed E-state index contributed by atoms with van der Waals surface area (Å²) in [5.41, 5.74) is 0.780. The van der Waals surface area contributed by atoms with E-state index >= 15 is 0 Å². The summed E-state index contributed by atoms with van der Waals surface area (Å²) in [7, 11) is 0. The molecule has 13 heteroatoms. The van der Waals surface area contributed by atoms with Gasteiger partial charge in [0, 0.05) is 25.7 Å². The first kappa shape index (κ1) is 28.5. The molecule has 1 aromatic carbocycles. The maximum absolute atomic E-state index is 11.4. The molecule has 13 nitrogen and oxygen atoms in total. The average molecular weight is 483 g/mol. The fraction of sp³-hybridized carbons (Fsp3) is 0.476. The van der Waals surface area contributed by atoms with Gasteiger partial charge in [-0.3, -0.25) is 38.7 Å². The third-order valence-corrected chi connectivity index (χ3v) is 4.79. The maximum Gasteiger partial charge on any atom is 0.317 e. The second-order valence-electron chi connectivity index (χ2n) is 7.66. The van der Waals surface area contributed by atoms with Crippen LogP contribution in [0.2, 0.25) is 0 Å². The lowest BCUT2D eigenvalue weighted by Crippen LogP contribution is -2.51. The van der Waals surface area contributed by atoms with Gasteiger partial charge >= 0.3 is 29.8 Å². The lowest BCUT2D eigenvalue weighted by atomic mass is 10.0. The first-order valence-electron chi connectivity index (χ1n) is 10.3. The molecule has 0 heterocycles. The van der Waals surface area contributed by atoms with E-state index in [9.17, 15) is 39.3 Å². The van der Waals surface area contributed by atoms with Crippen LogP contribution < -0.4 is 0 Å². The van der Waals surface area contributed by atoms with Crippen molar-refractivity contribution < 1.29 is 49.5 Å². The Morgan fingerprint density at radius 3 is 1.47 bits per heavy atom. The third-order valence-electron chi connectivity index (χ3n) is 4.79. The average Bonchev–Trinajstić information content (AvgIpc) is 2.69. The number of hydrogen-bond donors (Lipinski definition) is 5. The molecule has 0 radical (unpaired) electrons. The fourth-order valence-electron chi connectivity index (χ4n) is 3.46. The Labute approximate surface area is 195 Å². The topological polar surface area (TPSA) is 196 Å². The molecule has 0 aliphatic rings. The summed E-state index contributed by atoms with van der Waals surface area (Å²) in [4.78, 5) is 60.0. The smallest absolute Gasteiger partial charge is 0.317 e. The van der Waals surface area contributed by atoms with Crippen molar-refractivity contribution in [2.45, 2.75) is 12.5 Å². The van der Waals surface area contributed by atoms with Gasteiger partial charge in [-0.15, -0.1) is 0 Å². The Bertz CT molecular complexity index is 816. The Kier molecular flexibility index (Phi) is 12.2. The highest BCUT2D eigenvalue weighted by atomic mass is 16.4. The number of carbonyl (C=O) groups is 5. The summed E-state index contributed by atoms with van der Waals surface area (Å²) in [5, 5.41) is 45.9. The van der Waals surface area contributed by atoms with Crippen molar-refractivity contribution in [2.24, 2.45) is 0 Å². The van der Waals surface area contributed by atoms with E-state index in [2.05, 4.69) is 0 Å². The minimum absolute atomic E-state index is 0.0356. The molecule has 188 valence electrons. The van der Waals surface area contributed by atoms with Crippen LogP contribution in [0.1, 0.15) is 5.56 Å². The Hall–Kier alpha value is -3.55. The van der Waals surface area contributed by atoms with Crippen molar-refractivity contribution in [3.05, 3.63) is 35.9 Å². The van der Waals surface area contributed by atoms with Crippen LogP contribution >= 0.6 is 0 Å². The van der Waals surface area contributed by atoms with Gasteiger partial charge < -0.3 is 25.5 Å². The first-order chi connectivity index (χ1) is 16.0. The van der Waals surface area contributed by atoms with E-state index in [0.29, 0.717) is 0 Å².